The normalized spacial score (nSPS) is 23.5. The second kappa shape index (κ2) is 8.56. The molecule has 6 heteroatoms. The van der Waals surface area contributed by atoms with Crippen molar-refractivity contribution in [1.82, 2.24) is 4.90 Å². The van der Waals surface area contributed by atoms with E-state index in [2.05, 4.69) is 0 Å². The van der Waals surface area contributed by atoms with Crippen molar-refractivity contribution in [3.05, 3.63) is 0 Å². The Morgan fingerprint density at radius 3 is 2.29 bits per heavy atom. The van der Waals surface area contributed by atoms with Crippen LogP contribution in [0, 0.1) is 5.92 Å². The number of likely N-dealkylation sites (tertiary alicyclic amines) is 1. The number of ether oxygens (including phenoxy) is 2. The molecule has 6 nitrogen and oxygen atoms in total. The lowest BCUT2D eigenvalue weighted by Crippen LogP contribution is -2.36. The first-order valence-electron chi connectivity index (χ1n) is 7.83. The maximum Gasteiger partial charge on any atom is 0.410 e. The van der Waals surface area contributed by atoms with Gasteiger partial charge in [0.2, 0.25) is 0 Å². The highest BCUT2D eigenvalue weighted by atomic mass is 16.6. The number of rotatable bonds is 1. The molecule has 0 unspecified atom stereocenters. The molecule has 2 rings (SSSR count). The van der Waals surface area contributed by atoms with Crippen LogP contribution in [0.25, 0.3) is 0 Å². The van der Waals surface area contributed by atoms with E-state index in [0.29, 0.717) is 6.54 Å². The average Bonchev–Trinajstić information content (AvgIpc) is 2.85. The number of hydrogen-bond donors (Lipinski definition) is 2. The predicted octanol–water partition coefficient (Wildman–Crippen LogP) is 1.33. The van der Waals surface area contributed by atoms with Crippen molar-refractivity contribution >= 4 is 6.09 Å². The smallest absolute Gasteiger partial charge is 0.410 e. The van der Waals surface area contributed by atoms with E-state index in [4.69, 9.17) is 20.9 Å². The molecule has 0 saturated carbocycles. The lowest BCUT2D eigenvalue weighted by molar-refractivity contribution is 0.0292. The van der Waals surface area contributed by atoms with Gasteiger partial charge in [0.1, 0.15) is 5.60 Å². The minimum atomic E-state index is -0.413. The Bertz CT molecular complexity index is 312. The van der Waals surface area contributed by atoms with Crippen molar-refractivity contribution in [2.45, 2.75) is 51.7 Å². The fourth-order valence-corrected chi connectivity index (χ4v) is 2.26. The molecule has 4 N–H and O–H groups in total. The molecule has 1 atom stereocenters. The average molecular weight is 301 g/mol. The van der Waals surface area contributed by atoms with Crippen molar-refractivity contribution < 1.29 is 14.3 Å². The van der Waals surface area contributed by atoms with Crippen molar-refractivity contribution in [2.24, 2.45) is 17.4 Å². The minimum absolute atomic E-state index is 0.118. The topological polar surface area (TPSA) is 90.8 Å². The summed E-state index contributed by atoms with van der Waals surface area (Å²) in [7, 11) is 0. The number of carbonyl (C=O) groups excluding carboxylic acids is 1. The summed E-state index contributed by atoms with van der Waals surface area (Å²) < 4.78 is 10.3. The van der Waals surface area contributed by atoms with Gasteiger partial charge in [-0.25, -0.2) is 4.79 Å². The van der Waals surface area contributed by atoms with Gasteiger partial charge in [-0.2, -0.15) is 0 Å². The highest BCUT2D eigenvalue weighted by Gasteiger charge is 2.27. The molecule has 124 valence electrons. The lowest BCUT2D eigenvalue weighted by atomic mass is 10.0. The third kappa shape index (κ3) is 7.64. The first kappa shape index (κ1) is 18.2. The zero-order valence-electron chi connectivity index (χ0n) is 13.6. The molecule has 1 amide bonds. The van der Waals surface area contributed by atoms with Gasteiger partial charge in [-0.3, -0.25) is 0 Å². The Balaban J connectivity index is 0.000000235. The minimum Gasteiger partial charge on any atom is -0.444 e. The predicted molar refractivity (Wildman–Crippen MR) is 83.0 cm³/mol. The van der Waals surface area contributed by atoms with Gasteiger partial charge in [0, 0.05) is 32.3 Å². The number of carbonyl (C=O) groups is 1. The maximum absolute atomic E-state index is 11.5. The highest BCUT2D eigenvalue weighted by molar-refractivity contribution is 5.68. The van der Waals surface area contributed by atoms with E-state index < -0.39 is 5.60 Å². The largest absolute Gasteiger partial charge is 0.444 e. The first-order valence-corrected chi connectivity index (χ1v) is 7.83. The molecule has 2 aliphatic heterocycles. The SMILES string of the molecule is CC(C)(C)OC(=O)N1CC[C@@H](N)C1.NCC1CCOCC1. The molecule has 0 spiro atoms. The number of nitrogens with zero attached hydrogens (tertiary/aromatic N) is 1. The van der Waals surface area contributed by atoms with Gasteiger partial charge in [-0.1, -0.05) is 0 Å². The molecule has 21 heavy (non-hydrogen) atoms. The van der Waals surface area contributed by atoms with Crippen LogP contribution in [0.15, 0.2) is 0 Å². The van der Waals surface area contributed by atoms with E-state index in [1.54, 1.807) is 4.90 Å². The molecule has 0 radical (unpaired) electrons. The number of hydrogen-bond acceptors (Lipinski definition) is 5. The Labute approximate surface area is 128 Å². The fraction of sp³-hybridized carbons (Fsp3) is 0.933. The second-order valence-electron chi connectivity index (χ2n) is 6.77. The zero-order valence-corrected chi connectivity index (χ0v) is 13.6. The van der Waals surface area contributed by atoms with Crippen LogP contribution >= 0.6 is 0 Å². The summed E-state index contributed by atoms with van der Waals surface area (Å²) in [4.78, 5) is 13.1. The molecular formula is C15H31N3O3. The van der Waals surface area contributed by atoms with E-state index >= 15 is 0 Å². The Morgan fingerprint density at radius 2 is 1.90 bits per heavy atom. The van der Waals surface area contributed by atoms with Gasteiger partial charge in [-0.05, 0) is 52.5 Å². The molecule has 0 aromatic rings. The van der Waals surface area contributed by atoms with Crippen molar-refractivity contribution in [3.8, 4) is 0 Å². The highest BCUT2D eigenvalue weighted by Crippen LogP contribution is 2.14. The molecule has 2 aliphatic rings. The zero-order chi connectivity index (χ0) is 15.9. The van der Waals surface area contributed by atoms with Gasteiger partial charge in [0.05, 0.1) is 0 Å². The Morgan fingerprint density at radius 1 is 1.29 bits per heavy atom. The molecule has 0 bridgehead atoms. The van der Waals surface area contributed by atoms with Crippen molar-refractivity contribution in [1.29, 1.82) is 0 Å². The molecule has 2 fully saturated rings. The van der Waals surface area contributed by atoms with E-state index in [9.17, 15) is 4.79 Å². The summed E-state index contributed by atoms with van der Waals surface area (Å²) >= 11 is 0. The lowest BCUT2D eigenvalue weighted by Gasteiger charge is -2.24. The molecule has 2 heterocycles. The van der Waals surface area contributed by atoms with Crippen LogP contribution in [-0.2, 0) is 9.47 Å². The summed E-state index contributed by atoms with van der Waals surface area (Å²) in [5.74, 6) is 0.740. The van der Waals surface area contributed by atoms with Crippen LogP contribution in [0.4, 0.5) is 4.79 Å². The first-order chi connectivity index (χ1) is 9.81. The molecule has 2 saturated heterocycles. The van der Waals surface area contributed by atoms with E-state index in [1.165, 1.54) is 0 Å². The number of amides is 1. The third-order valence-electron chi connectivity index (χ3n) is 3.55. The summed E-state index contributed by atoms with van der Waals surface area (Å²) in [5.41, 5.74) is 10.7. The van der Waals surface area contributed by atoms with Crippen LogP contribution in [-0.4, -0.2) is 55.5 Å². The van der Waals surface area contributed by atoms with Crippen LogP contribution in [0.2, 0.25) is 0 Å². The molecule has 0 aliphatic carbocycles. The van der Waals surface area contributed by atoms with Gasteiger partial charge < -0.3 is 25.8 Å². The molecular weight excluding hydrogens is 270 g/mol. The van der Waals surface area contributed by atoms with Gasteiger partial charge in [0.15, 0.2) is 0 Å². The standard InChI is InChI=1S/C9H18N2O2.C6H13NO/c1-9(2,3)13-8(12)11-5-4-7(10)6-11;7-5-6-1-3-8-4-2-6/h7H,4-6,10H2,1-3H3;6H,1-5,7H2/t7-;/m1./s1. The molecule has 0 aromatic heterocycles. The summed E-state index contributed by atoms with van der Waals surface area (Å²) in [6.45, 7) is 9.60. The third-order valence-corrected chi connectivity index (χ3v) is 3.55. The van der Waals surface area contributed by atoms with Crippen molar-refractivity contribution in [3.63, 3.8) is 0 Å². The van der Waals surface area contributed by atoms with E-state index in [1.807, 2.05) is 20.8 Å². The monoisotopic (exact) mass is 301 g/mol. The van der Waals surface area contributed by atoms with Crippen molar-refractivity contribution in [2.75, 3.05) is 32.8 Å². The van der Waals surface area contributed by atoms with Crippen LogP contribution < -0.4 is 11.5 Å². The quantitative estimate of drug-likeness (QED) is 0.762. The molecule has 0 aromatic carbocycles. The number of nitrogens with two attached hydrogens (primary N) is 2. The Hall–Kier alpha value is -0.850. The van der Waals surface area contributed by atoms with Crippen LogP contribution in [0.3, 0.4) is 0 Å². The van der Waals surface area contributed by atoms with Gasteiger partial charge >= 0.3 is 6.09 Å². The second-order valence-corrected chi connectivity index (χ2v) is 6.77. The van der Waals surface area contributed by atoms with Gasteiger partial charge in [0.25, 0.3) is 0 Å². The van der Waals surface area contributed by atoms with Gasteiger partial charge in [-0.15, -0.1) is 0 Å². The van der Waals surface area contributed by atoms with E-state index in [0.717, 1.165) is 51.5 Å². The Kier molecular flexibility index (Phi) is 7.42. The summed E-state index contributed by atoms with van der Waals surface area (Å²) in [5, 5.41) is 0. The van der Waals surface area contributed by atoms with E-state index in [-0.39, 0.29) is 12.1 Å². The van der Waals surface area contributed by atoms with Crippen LogP contribution in [0.5, 0.6) is 0 Å². The maximum atomic E-state index is 11.5. The van der Waals surface area contributed by atoms with Crippen LogP contribution in [0.1, 0.15) is 40.0 Å². The fourth-order valence-electron chi connectivity index (χ4n) is 2.26. The summed E-state index contributed by atoms with van der Waals surface area (Å²) in [6, 6.07) is 0.118. The summed E-state index contributed by atoms with van der Waals surface area (Å²) in [6.07, 6.45) is 2.95.